The first-order valence-corrected chi connectivity index (χ1v) is 10.1. The molecule has 0 saturated carbocycles. The lowest BCUT2D eigenvalue weighted by molar-refractivity contribution is -0.115. The molecule has 0 heterocycles. The van der Waals surface area contributed by atoms with Crippen LogP contribution in [0.1, 0.15) is 28.4 Å². The molecule has 0 aliphatic carbocycles. The van der Waals surface area contributed by atoms with E-state index in [-0.39, 0.29) is 18.4 Å². The quantitative estimate of drug-likeness (QED) is 0.542. The van der Waals surface area contributed by atoms with Crippen LogP contribution in [-0.2, 0) is 11.4 Å². The van der Waals surface area contributed by atoms with Crippen LogP contribution in [0.15, 0.2) is 72.8 Å². The lowest BCUT2D eigenvalue weighted by Gasteiger charge is -2.10. The number of benzene rings is 3. The lowest BCUT2D eigenvalue weighted by Crippen LogP contribution is -2.32. The molecule has 3 aromatic carbocycles. The zero-order valence-corrected chi connectivity index (χ0v) is 17.7. The summed E-state index contributed by atoms with van der Waals surface area (Å²) in [7, 11) is 0. The maximum Gasteiger partial charge on any atom is 0.251 e. The Hall–Kier alpha value is -3.80. The van der Waals surface area contributed by atoms with Gasteiger partial charge in [-0.15, -0.1) is 0 Å². The topological polar surface area (TPSA) is 76.7 Å². The van der Waals surface area contributed by atoms with Gasteiger partial charge in [-0.3, -0.25) is 9.59 Å². The average Bonchev–Trinajstić information content (AvgIpc) is 2.78. The van der Waals surface area contributed by atoms with Crippen molar-refractivity contribution in [2.75, 3.05) is 18.5 Å². The average molecular weight is 418 g/mol. The second kappa shape index (κ2) is 10.8. The second-order valence-electron chi connectivity index (χ2n) is 6.99. The highest BCUT2D eigenvalue weighted by molar-refractivity contribution is 5.99. The van der Waals surface area contributed by atoms with Crippen LogP contribution in [0.2, 0.25) is 0 Å². The first-order chi connectivity index (χ1) is 15.0. The van der Waals surface area contributed by atoms with Gasteiger partial charge in [0.05, 0.1) is 13.2 Å². The first-order valence-electron chi connectivity index (χ1n) is 10.1. The Bertz CT molecular complexity index is 1030. The van der Waals surface area contributed by atoms with Crippen LogP contribution in [0.5, 0.6) is 11.5 Å². The van der Waals surface area contributed by atoms with Gasteiger partial charge in [0.1, 0.15) is 18.1 Å². The van der Waals surface area contributed by atoms with Gasteiger partial charge in [0.15, 0.2) is 0 Å². The minimum atomic E-state index is -0.345. The summed E-state index contributed by atoms with van der Waals surface area (Å²) in [6.07, 6.45) is 0. The van der Waals surface area contributed by atoms with Crippen molar-refractivity contribution in [1.29, 1.82) is 0 Å². The SMILES string of the molecule is CCOc1ccc(NC(=O)CNC(=O)c2cccc(OCc3cccc(C)c3)c2)cc1. The highest BCUT2D eigenvalue weighted by Gasteiger charge is 2.10. The molecule has 0 saturated heterocycles. The van der Waals surface area contributed by atoms with Crippen LogP contribution < -0.4 is 20.1 Å². The van der Waals surface area contributed by atoms with Gasteiger partial charge >= 0.3 is 0 Å². The van der Waals surface area contributed by atoms with E-state index in [1.165, 1.54) is 0 Å². The van der Waals surface area contributed by atoms with E-state index in [9.17, 15) is 9.59 Å². The van der Waals surface area contributed by atoms with Crippen LogP contribution in [0.3, 0.4) is 0 Å². The highest BCUT2D eigenvalue weighted by atomic mass is 16.5. The third-order valence-electron chi connectivity index (χ3n) is 4.44. The summed E-state index contributed by atoms with van der Waals surface area (Å²) >= 11 is 0. The number of nitrogens with one attached hydrogen (secondary N) is 2. The molecule has 0 radical (unpaired) electrons. The van der Waals surface area contributed by atoms with Gasteiger partial charge in [-0.25, -0.2) is 0 Å². The number of carbonyl (C=O) groups is 2. The van der Waals surface area contributed by atoms with Crippen molar-refractivity contribution in [3.8, 4) is 11.5 Å². The number of hydrogen-bond donors (Lipinski definition) is 2. The van der Waals surface area contributed by atoms with E-state index in [4.69, 9.17) is 9.47 Å². The Morgan fingerprint density at radius 2 is 1.65 bits per heavy atom. The fourth-order valence-corrected chi connectivity index (χ4v) is 2.96. The summed E-state index contributed by atoms with van der Waals surface area (Å²) < 4.78 is 11.2. The Labute approximate surface area is 182 Å². The molecule has 31 heavy (non-hydrogen) atoms. The molecule has 0 aliphatic rings. The van der Waals surface area contributed by atoms with Gasteiger partial charge in [-0.2, -0.15) is 0 Å². The normalized spacial score (nSPS) is 10.3. The summed E-state index contributed by atoms with van der Waals surface area (Å²) in [5, 5.41) is 5.37. The third kappa shape index (κ3) is 6.89. The molecule has 6 heteroatoms. The molecule has 3 aromatic rings. The van der Waals surface area contributed by atoms with Crippen molar-refractivity contribution in [3.63, 3.8) is 0 Å². The van der Waals surface area contributed by atoms with Gasteiger partial charge in [0.25, 0.3) is 5.91 Å². The molecule has 0 unspecified atom stereocenters. The minimum absolute atomic E-state index is 0.138. The molecule has 6 nitrogen and oxygen atoms in total. The van der Waals surface area contributed by atoms with Crippen LogP contribution in [0, 0.1) is 6.92 Å². The zero-order valence-electron chi connectivity index (χ0n) is 17.7. The number of hydrogen-bond acceptors (Lipinski definition) is 4. The van der Waals surface area contributed by atoms with Crippen molar-refractivity contribution < 1.29 is 19.1 Å². The largest absolute Gasteiger partial charge is 0.494 e. The first kappa shape index (κ1) is 21.9. The van der Waals surface area contributed by atoms with Crippen LogP contribution in [-0.4, -0.2) is 25.0 Å². The van der Waals surface area contributed by atoms with Crippen LogP contribution in [0.4, 0.5) is 5.69 Å². The monoisotopic (exact) mass is 418 g/mol. The van der Waals surface area contributed by atoms with Crippen molar-refractivity contribution in [1.82, 2.24) is 5.32 Å². The maximum absolute atomic E-state index is 12.4. The Morgan fingerprint density at radius 3 is 2.39 bits per heavy atom. The van der Waals surface area contributed by atoms with Gasteiger partial charge in [0, 0.05) is 11.3 Å². The predicted octanol–water partition coefficient (Wildman–Crippen LogP) is 4.34. The second-order valence-corrected chi connectivity index (χ2v) is 6.99. The molecular formula is C25H26N2O4. The number of anilines is 1. The van der Waals surface area contributed by atoms with Crippen molar-refractivity contribution in [2.24, 2.45) is 0 Å². The minimum Gasteiger partial charge on any atom is -0.494 e. The number of aryl methyl sites for hydroxylation is 1. The van der Waals surface area contributed by atoms with Gasteiger partial charge in [-0.05, 0) is 61.9 Å². The fraction of sp³-hybridized carbons (Fsp3) is 0.200. The van der Waals surface area contributed by atoms with Crippen molar-refractivity contribution >= 4 is 17.5 Å². The number of amides is 2. The van der Waals surface area contributed by atoms with Crippen LogP contribution in [0.25, 0.3) is 0 Å². The van der Waals surface area contributed by atoms with E-state index in [0.29, 0.717) is 30.2 Å². The van der Waals surface area contributed by atoms with Gasteiger partial charge in [-0.1, -0.05) is 35.9 Å². The standard InChI is InChI=1S/C25H26N2O4/c1-3-30-22-12-10-21(11-13-22)27-24(28)16-26-25(29)20-8-5-9-23(15-20)31-17-19-7-4-6-18(2)14-19/h4-15H,3,16-17H2,1-2H3,(H,26,29)(H,27,28). The number of ether oxygens (including phenoxy) is 2. The Balaban J connectivity index is 1.49. The smallest absolute Gasteiger partial charge is 0.251 e. The Kier molecular flexibility index (Phi) is 7.65. The van der Waals surface area contributed by atoms with E-state index in [2.05, 4.69) is 16.7 Å². The summed E-state index contributed by atoms with van der Waals surface area (Å²) in [6, 6.07) is 22.0. The summed E-state index contributed by atoms with van der Waals surface area (Å²) in [6.45, 7) is 4.79. The summed E-state index contributed by atoms with van der Waals surface area (Å²) in [5.74, 6) is 0.665. The molecule has 0 aromatic heterocycles. The van der Waals surface area contributed by atoms with Gasteiger partial charge in [0.2, 0.25) is 5.91 Å². The zero-order chi connectivity index (χ0) is 22.1. The number of rotatable bonds is 9. The summed E-state index contributed by atoms with van der Waals surface area (Å²) in [4.78, 5) is 24.6. The highest BCUT2D eigenvalue weighted by Crippen LogP contribution is 2.17. The molecule has 0 aliphatic heterocycles. The van der Waals surface area contributed by atoms with E-state index < -0.39 is 0 Å². The molecule has 0 bridgehead atoms. The molecule has 2 amide bonds. The van der Waals surface area contributed by atoms with E-state index >= 15 is 0 Å². The molecule has 0 fully saturated rings. The van der Waals surface area contributed by atoms with Crippen LogP contribution >= 0.6 is 0 Å². The van der Waals surface area contributed by atoms with E-state index in [1.807, 2.05) is 32.0 Å². The molecule has 2 N–H and O–H groups in total. The molecule has 0 atom stereocenters. The van der Waals surface area contributed by atoms with E-state index in [0.717, 1.165) is 16.9 Å². The van der Waals surface area contributed by atoms with Crippen molar-refractivity contribution in [2.45, 2.75) is 20.5 Å². The maximum atomic E-state index is 12.4. The molecule has 160 valence electrons. The predicted molar refractivity (Wildman–Crippen MR) is 121 cm³/mol. The lowest BCUT2D eigenvalue weighted by atomic mass is 10.1. The summed E-state index contributed by atoms with van der Waals surface area (Å²) in [5.41, 5.74) is 3.28. The fourth-order valence-electron chi connectivity index (χ4n) is 2.96. The van der Waals surface area contributed by atoms with E-state index in [1.54, 1.807) is 48.5 Å². The molecular weight excluding hydrogens is 392 g/mol. The van der Waals surface area contributed by atoms with Gasteiger partial charge < -0.3 is 20.1 Å². The third-order valence-corrected chi connectivity index (χ3v) is 4.44. The van der Waals surface area contributed by atoms with Crippen molar-refractivity contribution in [3.05, 3.63) is 89.5 Å². The molecule has 0 spiro atoms. The number of carbonyl (C=O) groups excluding carboxylic acids is 2. The Morgan fingerprint density at radius 1 is 0.871 bits per heavy atom. The molecule has 3 rings (SSSR count).